The smallest absolute Gasteiger partial charge is 0.221 e. The quantitative estimate of drug-likeness (QED) is 0.760. The van der Waals surface area contributed by atoms with Crippen molar-refractivity contribution in [3.63, 3.8) is 0 Å². The van der Waals surface area contributed by atoms with E-state index in [2.05, 4.69) is 15.5 Å². The van der Waals surface area contributed by atoms with Gasteiger partial charge in [0.15, 0.2) is 0 Å². The number of hydrogen-bond donors (Lipinski definition) is 3. The topological polar surface area (TPSA) is 83.8 Å². The molecule has 0 bridgehead atoms. The van der Waals surface area contributed by atoms with Gasteiger partial charge < -0.3 is 11.1 Å². The maximum atomic E-state index is 11.8. The largest absolute Gasteiger partial charge is 0.352 e. The molecule has 0 aliphatic rings. The van der Waals surface area contributed by atoms with Crippen LogP contribution in [0.2, 0.25) is 0 Å². The molecule has 1 amide bonds. The van der Waals surface area contributed by atoms with Crippen molar-refractivity contribution < 1.29 is 4.79 Å². The van der Waals surface area contributed by atoms with Crippen molar-refractivity contribution in [1.82, 2.24) is 15.5 Å². The van der Waals surface area contributed by atoms with Crippen LogP contribution in [0.1, 0.15) is 25.8 Å². The highest BCUT2D eigenvalue weighted by atomic mass is 16.1. The molecule has 0 spiro atoms. The van der Waals surface area contributed by atoms with Gasteiger partial charge in [-0.1, -0.05) is 38.1 Å². The molecule has 1 aromatic carbocycles. The first-order valence-electron chi connectivity index (χ1n) is 7.17. The summed E-state index contributed by atoms with van der Waals surface area (Å²) < 4.78 is 0. The van der Waals surface area contributed by atoms with Crippen molar-refractivity contribution in [2.24, 2.45) is 11.7 Å². The number of nitrogens with two attached hydrogens (primary N) is 1. The van der Waals surface area contributed by atoms with E-state index in [0.717, 1.165) is 16.8 Å². The summed E-state index contributed by atoms with van der Waals surface area (Å²) >= 11 is 0. The number of aromatic nitrogens is 2. The van der Waals surface area contributed by atoms with Crippen LogP contribution in [0.25, 0.3) is 11.3 Å². The summed E-state index contributed by atoms with van der Waals surface area (Å²) in [5.74, 6) is 0.304. The zero-order valence-electron chi connectivity index (χ0n) is 12.5. The maximum Gasteiger partial charge on any atom is 0.221 e. The Morgan fingerprint density at radius 1 is 1.29 bits per heavy atom. The van der Waals surface area contributed by atoms with Crippen molar-refractivity contribution >= 4 is 5.91 Å². The van der Waals surface area contributed by atoms with E-state index in [1.807, 2.05) is 44.2 Å². The van der Waals surface area contributed by atoms with Gasteiger partial charge in [-0.25, -0.2) is 0 Å². The Labute approximate surface area is 124 Å². The Kier molecular flexibility index (Phi) is 5.11. The standard InChI is InChI=1S/C16H22N4O/c1-11(2)14(17)9-16(21)18-10-12-3-5-13(6-4-12)15-7-8-19-20-15/h3-8,11,14H,9-10,17H2,1-2H3,(H,18,21)(H,19,20). The molecule has 1 aromatic heterocycles. The summed E-state index contributed by atoms with van der Waals surface area (Å²) in [6.07, 6.45) is 2.09. The highest BCUT2D eigenvalue weighted by Crippen LogP contribution is 2.16. The fourth-order valence-corrected chi connectivity index (χ4v) is 1.94. The van der Waals surface area contributed by atoms with Gasteiger partial charge in [0.2, 0.25) is 5.91 Å². The van der Waals surface area contributed by atoms with E-state index in [9.17, 15) is 4.79 Å². The number of hydrogen-bond acceptors (Lipinski definition) is 3. The number of carbonyl (C=O) groups excluding carboxylic acids is 1. The number of rotatable bonds is 6. The molecule has 1 heterocycles. The summed E-state index contributed by atoms with van der Waals surface area (Å²) in [5.41, 5.74) is 9.00. The van der Waals surface area contributed by atoms with Crippen LogP contribution in [0.5, 0.6) is 0 Å². The van der Waals surface area contributed by atoms with Gasteiger partial charge in [-0.3, -0.25) is 9.89 Å². The molecule has 4 N–H and O–H groups in total. The van der Waals surface area contributed by atoms with Crippen LogP contribution in [0, 0.1) is 5.92 Å². The molecular formula is C16H22N4O. The van der Waals surface area contributed by atoms with E-state index in [1.165, 1.54) is 0 Å². The Morgan fingerprint density at radius 2 is 2.00 bits per heavy atom. The first kappa shape index (κ1) is 15.3. The molecule has 0 radical (unpaired) electrons. The van der Waals surface area contributed by atoms with Gasteiger partial charge in [0.05, 0.1) is 5.69 Å². The molecule has 0 aliphatic carbocycles. The monoisotopic (exact) mass is 286 g/mol. The lowest BCUT2D eigenvalue weighted by molar-refractivity contribution is -0.121. The Bertz CT molecular complexity index is 560. The summed E-state index contributed by atoms with van der Waals surface area (Å²) in [6, 6.07) is 9.85. The average molecular weight is 286 g/mol. The Hall–Kier alpha value is -2.14. The minimum absolute atomic E-state index is 0.00570. The summed E-state index contributed by atoms with van der Waals surface area (Å²) in [4.78, 5) is 11.8. The third-order valence-corrected chi connectivity index (χ3v) is 3.53. The minimum Gasteiger partial charge on any atom is -0.352 e. The fraction of sp³-hybridized carbons (Fsp3) is 0.375. The van der Waals surface area contributed by atoms with Crippen molar-refractivity contribution in [2.75, 3.05) is 0 Å². The lowest BCUT2D eigenvalue weighted by atomic mass is 10.0. The zero-order valence-corrected chi connectivity index (χ0v) is 12.5. The highest BCUT2D eigenvalue weighted by Gasteiger charge is 2.12. The van der Waals surface area contributed by atoms with E-state index >= 15 is 0 Å². The predicted molar refractivity (Wildman–Crippen MR) is 83.3 cm³/mol. The number of H-pyrrole nitrogens is 1. The molecule has 0 saturated carbocycles. The summed E-state index contributed by atoms with van der Waals surface area (Å²) in [7, 11) is 0. The number of nitrogens with one attached hydrogen (secondary N) is 2. The normalized spacial score (nSPS) is 12.4. The average Bonchev–Trinajstić information content (AvgIpc) is 2.99. The van der Waals surface area contributed by atoms with Gasteiger partial charge in [0, 0.05) is 25.2 Å². The van der Waals surface area contributed by atoms with Crippen LogP contribution < -0.4 is 11.1 Å². The molecule has 112 valence electrons. The van der Waals surface area contributed by atoms with E-state index < -0.39 is 0 Å². The summed E-state index contributed by atoms with van der Waals surface area (Å²) in [5, 5.41) is 9.75. The SMILES string of the molecule is CC(C)C(N)CC(=O)NCc1ccc(-c2ccn[nH]2)cc1. The third kappa shape index (κ3) is 4.43. The van der Waals surface area contributed by atoms with Crippen LogP contribution in [-0.4, -0.2) is 22.1 Å². The van der Waals surface area contributed by atoms with Crippen molar-refractivity contribution in [2.45, 2.75) is 32.9 Å². The molecule has 1 unspecified atom stereocenters. The second-order valence-corrected chi connectivity index (χ2v) is 5.56. The van der Waals surface area contributed by atoms with Gasteiger partial charge in [-0.05, 0) is 23.1 Å². The molecule has 0 fully saturated rings. The first-order chi connectivity index (χ1) is 10.1. The van der Waals surface area contributed by atoms with Crippen LogP contribution in [0.3, 0.4) is 0 Å². The van der Waals surface area contributed by atoms with Crippen LogP contribution in [-0.2, 0) is 11.3 Å². The number of carbonyl (C=O) groups is 1. The second-order valence-electron chi connectivity index (χ2n) is 5.56. The van der Waals surface area contributed by atoms with E-state index in [0.29, 0.717) is 18.9 Å². The van der Waals surface area contributed by atoms with E-state index in [4.69, 9.17) is 5.73 Å². The highest BCUT2D eigenvalue weighted by molar-refractivity contribution is 5.76. The van der Waals surface area contributed by atoms with Gasteiger partial charge in [0.25, 0.3) is 0 Å². The van der Waals surface area contributed by atoms with Crippen molar-refractivity contribution in [3.05, 3.63) is 42.1 Å². The molecule has 0 saturated heterocycles. The molecule has 1 atom stereocenters. The number of aromatic amines is 1. The summed E-state index contributed by atoms with van der Waals surface area (Å²) in [6.45, 7) is 4.56. The fourth-order valence-electron chi connectivity index (χ4n) is 1.94. The van der Waals surface area contributed by atoms with Crippen LogP contribution >= 0.6 is 0 Å². The van der Waals surface area contributed by atoms with Gasteiger partial charge in [0.1, 0.15) is 0 Å². The molecular weight excluding hydrogens is 264 g/mol. The molecule has 5 heteroatoms. The third-order valence-electron chi connectivity index (χ3n) is 3.53. The molecule has 21 heavy (non-hydrogen) atoms. The minimum atomic E-state index is -0.0900. The van der Waals surface area contributed by atoms with E-state index in [-0.39, 0.29) is 11.9 Å². The lowest BCUT2D eigenvalue weighted by Gasteiger charge is -2.15. The van der Waals surface area contributed by atoms with Gasteiger partial charge in [-0.15, -0.1) is 0 Å². The van der Waals surface area contributed by atoms with Gasteiger partial charge >= 0.3 is 0 Å². The molecule has 2 rings (SSSR count). The van der Waals surface area contributed by atoms with E-state index in [1.54, 1.807) is 6.20 Å². The molecule has 0 aliphatic heterocycles. The number of amides is 1. The Morgan fingerprint density at radius 3 is 2.57 bits per heavy atom. The van der Waals surface area contributed by atoms with Crippen molar-refractivity contribution in [3.8, 4) is 11.3 Å². The first-order valence-corrected chi connectivity index (χ1v) is 7.17. The van der Waals surface area contributed by atoms with Crippen LogP contribution in [0.15, 0.2) is 36.5 Å². The van der Waals surface area contributed by atoms with Crippen molar-refractivity contribution in [1.29, 1.82) is 0 Å². The molecule has 5 nitrogen and oxygen atoms in total. The number of benzene rings is 1. The predicted octanol–water partition coefficient (Wildman–Crippen LogP) is 2.07. The molecule has 2 aromatic rings. The maximum absolute atomic E-state index is 11.8. The lowest BCUT2D eigenvalue weighted by Crippen LogP contribution is -2.34. The second kappa shape index (κ2) is 7.04. The van der Waals surface area contributed by atoms with Gasteiger partial charge in [-0.2, -0.15) is 5.10 Å². The zero-order chi connectivity index (χ0) is 15.2. The number of nitrogens with zero attached hydrogens (tertiary/aromatic N) is 1. The van der Waals surface area contributed by atoms with Crippen LogP contribution in [0.4, 0.5) is 0 Å². The Balaban J connectivity index is 1.85.